The van der Waals surface area contributed by atoms with Gasteiger partial charge >= 0.3 is 5.97 Å². The lowest BCUT2D eigenvalue weighted by molar-refractivity contribution is -0.134. The Morgan fingerprint density at radius 1 is 1.08 bits per heavy atom. The van der Waals surface area contributed by atoms with E-state index < -0.39 is 0 Å². The monoisotopic (exact) mass is 339 g/mol. The number of hydrogen-bond acceptors (Lipinski definition) is 5. The van der Waals surface area contributed by atoms with Gasteiger partial charge in [-0.1, -0.05) is 19.1 Å². The average Bonchev–Trinajstić information content (AvgIpc) is 3.03. The highest BCUT2D eigenvalue weighted by molar-refractivity contribution is 7.18. The molecule has 4 nitrogen and oxygen atoms in total. The van der Waals surface area contributed by atoms with Crippen molar-refractivity contribution < 1.29 is 14.3 Å². The van der Waals surface area contributed by atoms with Gasteiger partial charge in [-0.3, -0.25) is 9.59 Å². The number of benzene rings is 2. The molecule has 122 valence electrons. The molecule has 3 aromatic rings. The summed E-state index contributed by atoms with van der Waals surface area (Å²) in [6, 6.07) is 14.6. The Hall–Kier alpha value is -2.53. The molecule has 0 N–H and O–H groups in total. The maximum Gasteiger partial charge on any atom is 0.311 e. The first-order valence-electron chi connectivity index (χ1n) is 7.84. The molecular weight excluding hydrogens is 322 g/mol. The van der Waals surface area contributed by atoms with Crippen molar-refractivity contribution in [2.45, 2.75) is 26.2 Å². The second-order valence-corrected chi connectivity index (χ2v) is 6.47. The van der Waals surface area contributed by atoms with E-state index in [1.165, 1.54) is 0 Å². The standard InChI is InChI=1S/C19H17NO3S/c1-2-16(21)13-7-9-14(10-8-13)23-19(22)12-11-18-20-15-5-3-4-6-17(15)24-18/h3-10H,2,11-12H2,1H3. The molecule has 2 aromatic carbocycles. The van der Waals surface area contributed by atoms with E-state index in [1.807, 2.05) is 31.2 Å². The summed E-state index contributed by atoms with van der Waals surface area (Å²) in [7, 11) is 0. The fourth-order valence-electron chi connectivity index (χ4n) is 2.33. The van der Waals surface area contributed by atoms with Crippen molar-refractivity contribution in [3.8, 4) is 5.75 Å². The van der Waals surface area contributed by atoms with Gasteiger partial charge in [-0.2, -0.15) is 0 Å². The van der Waals surface area contributed by atoms with E-state index in [4.69, 9.17) is 4.74 Å². The van der Waals surface area contributed by atoms with E-state index in [-0.39, 0.29) is 18.2 Å². The Morgan fingerprint density at radius 3 is 2.54 bits per heavy atom. The molecular formula is C19H17NO3S. The van der Waals surface area contributed by atoms with Crippen molar-refractivity contribution in [3.63, 3.8) is 0 Å². The average molecular weight is 339 g/mol. The lowest BCUT2D eigenvalue weighted by Crippen LogP contribution is -2.09. The van der Waals surface area contributed by atoms with Crippen LogP contribution >= 0.6 is 11.3 Å². The Kier molecular flexibility index (Phi) is 5.01. The second-order valence-electron chi connectivity index (χ2n) is 5.35. The van der Waals surface area contributed by atoms with Gasteiger partial charge in [0.25, 0.3) is 0 Å². The minimum atomic E-state index is -0.302. The first-order chi connectivity index (χ1) is 11.7. The van der Waals surface area contributed by atoms with Gasteiger partial charge in [0.15, 0.2) is 5.78 Å². The van der Waals surface area contributed by atoms with Crippen LogP contribution in [0.4, 0.5) is 0 Å². The molecule has 0 amide bonds. The number of thiazole rings is 1. The summed E-state index contributed by atoms with van der Waals surface area (Å²) >= 11 is 1.60. The Bertz CT molecular complexity index is 835. The van der Waals surface area contributed by atoms with Crippen LogP contribution < -0.4 is 4.74 Å². The summed E-state index contributed by atoms with van der Waals surface area (Å²) in [5.41, 5.74) is 1.59. The molecule has 0 aliphatic carbocycles. The number of nitrogens with zero attached hydrogens (tertiary/aromatic N) is 1. The molecule has 1 heterocycles. The number of ketones is 1. The molecule has 0 spiro atoms. The minimum absolute atomic E-state index is 0.0729. The van der Waals surface area contributed by atoms with Crippen molar-refractivity contribution in [1.82, 2.24) is 4.98 Å². The third-order valence-corrected chi connectivity index (χ3v) is 4.71. The van der Waals surface area contributed by atoms with Crippen molar-refractivity contribution in [2.24, 2.45) is 0 Å². The molecule has 0 radical (unpaired) electrons. The number of rotatable bonds is 6. The molecule has 0 aliphatic heterocycles. The number of esters is 1. The maximum absolute atomic E-state index is 12.0. The third-order valence-electron chi connectivity index (χ3n) is 3.61. The second kappa shape index (κ2) is 7.36. The molecule has 24 heavy (non-hydrogen) atoms. The van der Waals surface area contributed by atoms with Crippen molar-refractivity contribution >= 4 is 33.3 Å². The van der Waals surface area contributed by atoms with Crippen molar-refractivity contribution in [2.75, 3.05) is 0 Å². The minimum Gasteiger partial charge on any atom is -0.427 e. The predicted octanol–water partition coefficient (Wildman–Crippen LogP) is 4.43. The van der Waals surface area contributed by atoms with Crippen LogP contribution in [0.1, 0.15) is 35.1 Å². The van der Waals surface area contributed by atoms with Gasteiger partial charge in [0.2, 0.25) is 0 Å². The van der Waals surface area contributed by atoms with Gasteiger partial charge in [-0.15, -0.1) is 11.3 Å². The number of ether oxygens (including phenoxy) is 1. The lowest BCUT2D eigenvalue weighted by Gasteiger charge is -2.04. The quantitative estimate of drug-likeness (QED) is 0.379. The molecule has 0 saturated carbocycles. The summed E-state index contributed by atoms with van der Waals surface area (Å²) in [5.74, 6) is 0.226. The summed E-state index contributed by atoms with van der Waals surface area (Å²) in [4.78, 5) is 28.0. The van der Waals surface area contributed by atoms with Crippen LogP contribution in [0.5, 0.6) is 5.75 Å². The smallest absolute Gasteiger partial charge is 0.311 e. The van der Waals surface area contributed by atoms with Crippen LogP contribution in [0.15, 0.2) is 48.5 Å². The largest absolute Gasteiger partial charge is 0.427 e. The van der Waals surface area contributed by atoms with E-state index in [0.29, 0.717) is 24.2 Å². The normalized spacial score (nSPS) is 10.7. The number of aromatic nitrogens is 1. The van der Waals surface area contributed by atoms with Crippen molar-refractivity contribution in [1.29, 1.82) is 0 Å². The number of aryl methyl sites for hydroxylation is 1. The molecule has 3 rings (SSSR count). The lowest BCUT2D eigenvalue weighted by atomic mass is 10.1. The number of carbonyl (C=O) groups is 2. The van der Waals surface area contributed by atoms with E-state index in [9.17, 15) is 9.59 Å². The van der Waals surface area contributed by atoms with Gasteiger partial charge in [-0.05, 0) is 36.4 Å². The fraction of sp³-hybridized carbons (Fsp3) is 0.211. The van der Waals surface area contributed by atoms with Gasteiger partial charge in [0.05, 0.1) is 21.6 Å². The number of hydrogen-bond donors (Lipinski definition) is 0. The van der Waals surface area contributed by atoms with E-state index >= 15 is 0 Å². The first kappa shape index (κ1) is 16.3. The number of carbonyl (C=O) groups excluding carboxylic acids is 2. The highest BCUT2D eigenvalue weighted by Gasteiger charge is 2.10. The van der Waals surface area contributed by atoms with Gasteiger partial charge in [0, 0.05) is 18.4 Å². The summed E-state index contributed by atoms with van der Waals surface area (Å²) in [6.07, 6.45) is 1.29. The molecule has 0 bridgehead atoms. The van der Waals surface area contributed by atoms with Crippen LogP contribution in [0.3, 0.4) is 0 Å². The van der Waals surface area contributed by atoms with Crippen LogP contribution in [0, 0.1) is 0 Å². The highest BCUT2D eigenvalue weighted by Crippen LogP contribution is 2.22. The number of Topliss-reactive ketones (excluding diaryl/α,β-unsaturated/α-hetero) is 1. The number of para-hydroxylation sites is 1. The van der Waals surface area contributed by atoms with Gasteiger partial charge < -0.3 is 4.74 Å². The molecule has 0 unspecified atom stereocenters. The van der Waals surface area contributed by atoms with E-state index in [1.54, 1.807) is 35.6 Å². The van der Waals surface area contributed by atoms with Gasteiger partial charge in [0.1, 0.15) is 5.75 Å². The van der Waals surface area contributed by atoms with Gasteiger partial charge in [-0.25, -0.2) is 4.98 Å². The maximum atomic E-state index is 12.0. The highest BCUT2D eigenvalue weighted by atomic mass is 32.1. The molecule has 0 saturated heterocycles. The zero-order chi connectivity index (χ0) is 16.9. The van der Waals surface area contributed by atoms with Crippen LogP contribution in [0.2, 0.25) is 0 Å². The molecule has 0 aliphatic rings. The van der Waals surface area contributed by atoms with E-state index in [0.717, 1.165) is 15.2 Å². The molecule has 0 atom stereocenters. The Balaban J connectivity index is 1.56. The molecule has 1 aromatic heterocycles. The summed E-state index contributed by atoms with van der Waals surface area (Å²) in [5, 5.41) is 0.928. The predicted molar refractivity (Wildman–Crippen MR) is 94.6 cm³/mol. The van der Waals surface area contributed by atoms with Crippen molar-refractivity contribution in [3.05, 3.63) is 59.1 Å². The zero-order valence-corrected chi connectivity index (χ0v) is 14.1. The number of fused-ring (bicyclic) bond motifs is 1. The van der Waals surface area contributed by atoms with Crippen LogP contribution in [-0.4, -0.2) is 16.7 Å². The molecule has 5 heteroatoms. The fourth-order valence-corrected chi connectivity index (χ4v) is 3.30. The zero-order valence-electron chi connectivity index (χ0n) is 13.3. The Labute approximate surface area is 144 Å². The topological polar surface area (TPSA) is 56.3 Å². The SMILES string of the molecule is CCC(=O)c1ccc(OC(=O)CCc2nc3ccccc3s2)cc1. The van der Waals surface area contributed by atoms with E-state index in [2.05, 4.69) is 4.98 Å². The third kappa shape index (κ3) is 3.86. The summed E-state index contributed by atoms with van der Waals surface area (Å²) < 4.78 is 6.43. The summed E-state index contributed by atoms with van der Waals surface area (Å²) in [6.45, 7) is 1.82. The van der Waals surface area contributed by atoms with Crippen LogP contribution in [0.25, 0.3) is 10.2 Å². The first-order valence-corrected chi connectivity index (χ1v) is 8.65. The Morgan fingerprint density at radius 2 is 1.83 bits per heavy atom. The molecule has 0 fully saturated rings. The van der Waals surface area contributed by atoms with Crippen LogP contribution in [-0.2, 0) is 11.2 Å².